The number of likely N-dealkylation sites (N-methyl/N-ethyl adjacent to an activating group) is 1. The topological polar surface area (TPSA) is 52.4 Å². The number of hydrogen-bond donors (Lipinski definition) is 0. The molecule has 25 heavy (non-hydrogen) atoms. The molecule has 2 heterocycles. The van der Waals surface area contributed by atoms with Gasteiger partial charge in [0.2, 0.25) is 0 Å². The normalized spacial score (nSPS) is 14.9. The largest absolute Gasteiger partial charge is 0.379 e. The number of hydrogen-bond acceptors (Lipinski definition) is 5. The molecule has 0 saturated carbocycles. The molecule has 6 heteroatoms. The monoisotopic (exact) mass is 340 g/mol. The van der Waals surface area contributed by atoms with Gasteiger partial charge < -0.3 is 9.64 Å². The Morgan fingerprint density at radius 3 is 2.68 bits per heavy atom. The van der Waals surface area contributed by atoms with E-state index in [9.17, 15) is 4.39 Å². The summed E-state index contributed by atoms with van der Waals surface area (Å²) in [7, 11) is 2.01. The molecule has 0 N–H and O–H groups in total. The predicted molar refractivity (Wildman–Crippen MR) is 94.9 cm³/mol. The number of pyridine rings is 1. The quantitative estimate of drug-likeness (QED) is 0.837. The summed E-state index contributed by atoms with van der Waals surface area (Å²) < 4.78 is 18.6. The number of nitrogens with zero attached hydrogens (tertiary/aromatic N) is 4. The van der Waals surface area contributed by atoms with E-state index in [0.717, 1.165) is 56.2 Å². The molecule has 1 aliphatic rings. The minimum Gasteiger partial charge on any atom is -0.379 e. The van der Waals surface area contributed by atoms with Crippen molar-refractivity contribution in [2.24, 2.45) is 0 Å². The number of benzene rings is 1. The highest BCUT2D eigenvalue weighted by atomic mass is 19.1. The molecule has 0 radical (unpaired) electrons. The second-order valence-electron chi connectivity index (χ2n) is 6.08. The van der Waals surface area contributed by atoms with Gasteiger partial charge in [-0.1, -0.05) is 12.1 Å². The number of ether oxygens (including phenoxy) is 1. The van der Waals surface area contributed by atoms with Gasteiger partial charge in [0, 0.05) is 38.8 Å². The molecule has 0 aliphatic carbocycles. The summed E-state index contributed by atoms with van der Waals surface area (Å²) in [5, 5.41) is 9.15. The Morgan fingerprint density at radius 2 is 2.00 bits per heavy atom. The van der Waals surface area contributed by atoms with E-state index in [1.54, 1.807) is 24.4 Å². The zero-order valence-corrected chi connectivity index (χ0v) is 14.3. The minimum atomic E-state index is -0.277. The Balaban J connectivity index is 1.81. The van der Waals surface area contributed by atoms with E-state index in [0.29, 0.717) is 5.69 Å². The average Bonchev–Trinajstić information content (AvgIpc) is 2.67. The molecule has 3 rings (SSSR count). The molecule has 1 fully saturated rings. The van der Waals surface area contributed by atoms with Crippen LogP contribution in [0, 0.1) is 17.1 Å². The van der Waals surface area contributed by atoms with Crippen molar-refractivity contribution in [1.82, 2.24) is 9.88 Å². The Labute approximate surface area is 147 Å². The molecule has 1 aliphatic heterocycles. The average molecular weight is 340 g/mol. The number of anilines is 1. The van der Waals surface area contributed by atoms with Gasteiger partial charge in [-0.25, -0.2) is 9.37 Å². The Kier molecular flexibility index (Phi) is 5.59. The third kappa shape index (κ3) is 4.32. The van der Waals surface area contributed by atoms with Crippen LogP contribution in [0.3, 0.4) is 0 Å². The second kappa shape index (κ2) is 8.06. The molecule has 1 aromatic carbocycles. The maximum absolute atomic E-state index is 13.2. The summed E-state index contributed by atoms with van der Waals surface area (Å²) in [5.74, 6) is -0.277. The summed E-state index contributed by atoms with van der Waals surface area (Å²) in [6, 6.07) is 10.1. The first kappa shape index (κ1) is 17.3. The molecule has 0 bridgehead atoms. The van der Waals surface area contributed by atoms with Gasteiger partial charge in [0.1, 0.15) is 17.6 Å². The van der Waals surface area contributed by atoms with Crippen LogP contribution in [0.1, 0.15) is 5.69 Å². The molecule has 1 saturated heterocycles. The van der Waals surface area contributed by atoms with Crippen molar-refractivity contribution in [1.29, 1.82) is 5.26 Å². The van der Waals surface area contributed by atoms with Gasteiger partial charge in [0.15, 0.2) is 0 Å². The molecule has 0 spiro atoms. The van der Waals surface area contributed by atoms with Gasteiger partial charge in [-0.2, -0.15) is 5.26 Å². The van der Waals surface area contributed by atoms with Gasteiger partial charge in [0.25, 0.3) is 0 Å². The van der Waals surface area contributed by atoms with Crippen LogP contribution in [-0.2, 0) is 4.74 Å². The molecule has 0 amide bonds. The van der Waals surface area contributed by atoms with E-state index in [1.807, 2.05) is 7.05 Å². The lowest BCUT2D eigenvalue weighted by Gasteiger charge is -2.30. The fourth-order valence-electron chi connectivity index (χ4n) is 2.91. The van der Waals surface area contributed by atoms with E-state index in [1.165, 1.54) is 12.1 Å². The summed E-state index contributed by atoms with van der Waals surface area (Å²) in [6.07, 6.45) is 1.72. The third-order valence-electron chi connectivity index (χ3n) is 4.42. The first-order valence-corrected chi connectivity index (χ1v) is 8.34. The molecule has 5 nitrogen and oxygen atoms in total. The number of rotatable bonds is 5. The van der Waals surface area contributed by atoms with Crippen LogP contribution in [0.25, 0.3) is 11.1 Å². The van der Waals surface area contributed by atoms with Crippen molar-refractivity contribution in [2.75, 3.05) is 51.3 Å². The van der Waals surface area contributed by atoms with Crippen LogP contribution in [0.15, 0.2) is 36.5 Å². The lowest BCUT2D eigenvalue weighted by molar-refractivity contribution is 0.0393. The number of halogens is 1. The molecule has 130 valence electrons. The van der Waals surface area contributed by atoms with E-state index in [-0.39, 0.29) is 5.82 Å². The van der Waals surface area contributed by atoms with E-state index in [2.05, 4.69) is 20.9 Å². The smallest absolute Gasteiger partial charge is 0.141 e. The molecule has 0 atom stereocenters. The predicted octanol–water partition coefficient (Wildman–Crippen LogP) is 2.53. The SMILES string of the molecule is CN(CCN1CCOCC1)c1cnc(C#N)cc1-c1ccc(F)cc1. The zero-order chi connectivity index (χ0) is 17.6. The molecular weight excluding hydrogens is 319 g/mol. The van der Waals surface area contributed by atoms with Crippen molar-refractivity contribution >= 4 is 5.69 Å². The lowest BCUT2D eigenvalue weighted by atomic mass is 10.0. The summed E-state index contributed by atoms with van der Waals surface area (Å²) in [6.45, 7) is 5.23. The lowest BCUT2D eigenvalue weighted by Crippen LogP contribution is -2.40. The van der Waals surface area contributed by atoms with Crippen LogP contribution in [0.2, 0.25) is 0 Å². The fourth-order valence-corrected chi connectivity index (χ4v) is 2.91. The molecule has 1 aromatic heterocycles. The van der Waals surface area contributed by atoms with Gasteiger partial charge >= 0.3 is 0 Å². The van der Waals surface area contributed by atoms with Crippen molar-refractivity contribution in [3.63, 3.8) is 0 Å². The van der Waals surface area contributed by atoms with Crippen LogP contribution in [0.5, 0.6) is 0 Å². The van der Waals surface area contributed by atoms with Gasteiger partial charge in [-0.15, -0.1) is 0 Å². The summed E-state index contributed by atoms with van der Waals surface area (Å²) >= 11 is 0. The molecule has 2 aromatic rings. The number of nitriles is 1. The van der Waals surface area contributed by atoms with E-state index < -0.39 is 0 Å². The third-order valence-corrected chi connectivity index (χ3v) is 4.42. The van der Waals surface area contributed by atoms with Crippen LogP contribution in [0.4, 0.5) is 10.1 Å². The molecule has 0 unspecified atom stereocenters. The number of morpholine rings is 1. The fraction of sp³-hybridized carbons (Fsp3) is 0.368. The summed E-state index contributed by atoms with van der Waals surface area (Å²) in [5.41, 5.74) is 3.04. The molecular formula is C19H21FN4O. The van der Waals surface area contributed by atoms with E-state index in [4.69, 9.17) is 10.00 Å². The Bertz CT molecular complexity index is 751. The van der Waals surface area contributed by atoms with Gasteiger partial charge in [-0.05, 0) is 23.8 Å². The Morgan fingerprint density at radius 1 is 1.28 bits per heavy atom. The van der Waals surface area contributed by atoms with Crippen LogP contribution >= 0.6 is 0 Å². The van der Waals surface area contributed by atoms with Crippen LogP contribution in [-0.4, -0.2) is 56.3 Å². The van der Waals surface area contributed by atoms with Crippen molar-refractivity contribution in [3.8, 4) is 17.2 Å². The van der Waals surface area contributed by atoms with Gasteiger partial charge in [-0.3, -0.25) is 4.90 Å². The van der Waals surface area contributed by atoms with Gasteiger partial charge in [0.05, 0.1) is 25.1 Å². The minimum absolute atomic E-state index is 0.277. The van der Waals surface area contributed by atoms with E-state index >= 15 is 0 Å². The first-order valence-electron chi connectivity index (χ1n) is 8.34. The Hall–Kier alpha value is -2.49. The highest BCUT2D eigenvalue weighted by molar-refractivity contribution is 5.78. The maximum atomic E-state index is 13.2. The zero-order valence-electron chi connectivity index (χ0n) is 14.3. The highest BCUT2D eigenvalue weighted by Crippen LogP contribution is 2.30. The maximum Gasteiger partial charge on any atom is 0.141 e. The standard InChI is InChI=1S/C19H21FN4O/c1-23(6-7-24-8-10-25-11-9-24)19-14-22-17(13-21)12-18(19)15-2-4-16(20)5-3-15/h2-5,12,14H,6-11H2,1H3. The van der Waals surface area contributed by atoms with Crippen molar-refractivity contribution < 1.29 is 9.13 Å². The summed E-state index contributed by atoms with van der Waals surface area (Å²) in [4.78, 5) is 8.70. The van der Waals surface area contributed by atoms with Crippen molar-refractivity contribution in [3.05, 3.63) is 48.0 Å². The second-order valence-corrected chi connectivity index (χ2v) is 6.08. The highest BCUT2D eigenvalue weighted by Gasteiger charge is 2.15. The van der Waals surface area contributed by atoms with Crippen molar-refractivity contribution in [2.45, 2.75) is 0 Å². The first-order chi connectivity index (χ1) is 12.2. The van der Waals surface area contributed by atoms with Crippen LogP contribution < -0.4 is 4.90 Å². The number of aromatic nitrogens is 1.